The predicted octanol–water partition coefficient (Wildman–Crippen LogP) is 1.26. The van der Waals surface area contributed by atoms with Crippen LogP contribution in [-0.4, -0.2) is 62.2 Å². The lowest BCUT2D eigenvalue weighted by atomic mass is 10.0. The molecule has 0 aromatic rings. The molecular weight excluding hydrogens is 198 g/mol. The Morgan fingerprint density at radius 3 is 2.25 bits per heavy atom. The molecule has 1 saturated heterocycles. The zero-order valence-electron chi connectivity index (χ0n) is 11.5. The minimum Gasteiger partial charge on any atom is -0.312 e. The number of hydrogen-bond donors (Lipinski definition) is 1. The largest absolute Gasteiger partial charge is 0.312 e. The average molecular weight is 227 g/mol. The quantitative estimate of drug-likeness (QED) is 0.737. The SMILES string of the molecule is CCCNC(CN1CCN(C)CC1)C(C)C. The maximum atomic E-state index is 3.67. The van der Waals surface area contributed by atoms with Crippen molar-refractivity contribution in [1.29, 1.82) is 0 Å². The Kier molecular flexibility index (Phi) is 6.32. The van der Waals surface area contributed by atoms with Gasteiger partial charge in [-0.05, 0) is 25.9 Å². The van der Waals surface area contributed by atoms with Crippen LogP contribution in [0.25, 0.3) is 0 Å². The molecule has 1 fully saturated rings. The van der Waals surface area contributed by atoms with E-state index in [0.717, 1.165) is 12.5 Å². The Bertz CT molecular complexity index is 174. The second-order valence-corrected chi connectivity index (χ2v) is 5.41. The molecule has 1 aliphatic rings. The topological polar surface area (TPSA) is 18.5 Å². The van der Waals surface area contributed by atoms with E-state index in [9.17, 15) is 0 Å². The lowest BCUT2D eigenvalue weighted by Crippen LogP contribution is -2.51. The van der Waals surface area contributed by atoms with E-state index in [-0.39, 0.29) is 0 Å². The molecule has 96 valence electrons. The summed E-state index contributed by atoms with van der Waals surface area (Å²) in [5.74, 6) is 0.728. The van der Waals surface area contributed by atoms with Crippen LogP contribution in [0.3, 0.4) is 0 Å². The highest BCUT2D eigenvalue weighted by molar-refractivity contribution is 4.78. The Hall–Kier alpha value is -0.120. The molecule has 3 nitrogen and oxygen atoms in total. The van der Waals surface area contributed by atoms with Crippen molar-refractivity contribution in [2.24, 2.45) is 5.92 Å². The van der Waals surface area contributed by atoms with Gasteiger partial charge in [-0.2, -0.15) is 0 Å². The molecule has 0 amide bonds. The molecule has 16 heavy (non-hydrogen) atoms. The maximum absolute atomic E-state index is 3.67. The van der Waals surface area contributed by atoms with Gasteiger partial charge in [0, 0.05) is 38.8 Å². The van der Waals surface area contributed by atoms with Crippen molar-refractivity contribution < 1.29 is 0 Å². The molecule has 1 unspecified atom stereocenters. The molecule has 0 radical (unpaired) electrons. The van der Waals surface area contributed by atoms with Gasteiger partial charge in [0.15, 0.2) is 0 Å². The maximum Gasteiger partial charge on any atom is 0.0217 e. The third-order valence-electron chi connectivity index (χ3n) is 3.51. The Morgan fingerprint density at radius 1 is 1.12 bits per heavy atom. The number of likely N-dealkylation sites (N-methyl/N-ethyl adjacent to an activating group) is 1. The zero-order chi connectivity index (χ0) is 12.0. The van der Waals surface area contributed by atoms with Crippen LogP contribution < -0.4 is 5.32 Å². The second kappa shape index (κ2) is 7.25. The van der Waals surface area contributed by atoms with E-state index in [0.29, 0.717) is 6.04 Å². The fourth-order valence-electron chi connectivity index (χ4n) is 2.15. The normalized spacial score (nSPS) is 21.6. The van der Waals surface area contributed by atoms with Gasteiger partial charge in [0.2, 0.25) is 0 Å². The van der Waals surface area contributed by atoms with Crippen molar-refractivity contribution in [2.45, 2.75) is 33.2 Å². The summed E-state index contributed by atoms with van der Waals surface area (Å²) in [6, 6.07) is 0.656. The number of nitrogens with zero attached hydrogens (tertiary/aromatic N) is 2. The van der Waals surface area contributed by atoms with E-state index < -0.39 is 0 Å². The summed E-state index contributed by atoms with van der Waals surface area (Å²) in [6.07, 6.45) is 1.23. The molecule has 1 N–H and O–H groups in total. The third-order valence-corrected chi connectivity index (χ3v) is 3.51. The van der Waals surface area contributed by atoms with Crippen molar-refractivity contribution >= 4 is 0 Å². The van der Waals surface area contributed by atoms with Crippen LogP contribution in [0.1, 0.15) is 27.2 Å². The van der Waals surface area contributed by atoms with Crippen LogP contribution in [0, 0.1) is 5.92 Å². The summed E-state index contributed by atoms with van der Waals surface area (Å²) in [6.45, 7) is 14.1. The first-order valence-corrected chi connectivity index (χ1v) is 6.77. The third kappa shape index (κ3) is 4.81. The lowest BCUT2D eigenvalue weighted by Gasteiger charge is -2.36. The van der Waals surface area contributed by atoms with Crippen molar-refractivity contribution in [3.05, 3.63) is 0 Å². The number of piperazine rings is 1. The van der Waals surface area contributed by atoms with E-state index >= 15 is 0 Å². The van der Waals surface area contributed by atoms with Crippen molar-refractivity contribution in [1.82, 2.24) is 15.1 Å². The summed E-state index contributed by atoms with van der Waals surface area (Å²) in [5, 5.41) is 3.67. The van der Waals surface area contributed by atoms with Crippen LogP contribution in [-0.2, 0) is 0 Å². The highest BCUT2D eigenvalue weighted by atomic mass is 15.3. The van der Waals surface area contributed by atoms with Gasteiger partial charge in [0.1, 0.15) is 0 Å². The van der Waals surface area contributed by atoms with Crippen LogP contribution in [0.2, 0.25) is 0 Å². The van der Waals surface area contributed by atoms with Crippen LogP contribution in [0.4, 0.5) is 0 Å². The summed E-state index contributed by atoms with van der Waals surface area (Å²) in [7, 11) is 2.21. The summed E-state index contributed by atoms with van der Waals surface area (Å²) in [4.78, 5) is 5.02. The lowest BCUT2D eigenvalue weighted by molar-refractivity contribution is 0.133. The van der Waals surface area contributed by atoms with Gasteiger partial charge in [0.25, 0.3) is 0 Å². The Labute approximate surface area is 101 Å². The van der Waals surface area contributed by atoms with Gasteiger partial charge in [-0.1, -0.05) is 20.8 Å². The summed E-state index contributed by atoms with van der Waals surface area (Å²) < 4.78 is 0. The fraction of sp³-hybridized carbons (Fsp3) is 1.00. The van der Waals surface area contributed by atoms with Crippen LogP contribution >= 0.6 is 0 Å². The molecule has 1 rings (SSSR count). The van der Waals surface area contributed by atoms with Gasteiger partial charge in [-0.15, -0.1) is 0 Å². The van der Waals surface area contributed by atoms with E-state index in [1.54, 1.807) is 0 Å². The van der Waals surface area contributed by atoms with Gasteiger partial charge in [-0.25, -0.2) is 0 Å². The van der Waals surface area contributed by atoms with E-state index in [4.69, 9.17) is 0 Å². The van der Waals surface area contributed by atoms with Gasteiger partial charge in [-0.3, -0.25) is 4.90 Å². The number of rotatable bonds is 6. The highest BCUT2D eigenvalue weighted by Crippen LogP contribution is 2.07. The van der Waals surface area contributed by atoms with E-state index in [2.05, 4.69) is 42.9 Å². The fourth-order valence-corrected chi connectivity index (χ4v) is 2.15. The Morgan fingerprint density at radius 2 is 1.75 bits per heavy atom. The zero-order valence-corrected chi connectivity index (χ0v) is 11.5. The molecule has 1 heterocycles. The van der Waals surface area contributed by atoms with Crippen LogP contribution in [0.5, 0.6) is 0 Å². The molecule has 3 heteroatoms. The van der Waals surface area contributed by atoms with Gasteiger partial charge < -0.3 is 10.2 Å². The van der Waals surface area contributed by atoms with Crippen molar-refractivity contribution in [3.63, 3.8) is 0 Å². The Balaban J connectivity index is 2.30. The molecule has 0 saturated carbocycles. The molecule has 0 spiro atoms. The monoisotopic (exact) mass is 227 g/mol. The average Bonchev–Trinajstić information content (AvgIpc) is 2.26. The smallest absolute Gasteiger partial charge is 0.0217 e. The number of hydrogen-bond acceptors (Lipinski definition) is 3. The molecule has 1 atom stereocenters. The molecule has 0 aromatic carbocycles. The van der Waals surface area contributed by atoms with Crippen molar-refractivity contribution in [3.8, 4) is 0 Å². The molecule has 0 bridgehead atoms. The molecular formula is C13H29N3. The van der Waals surface area contributed by atoms with Crippen molar-refractivity contribution in [2.75, 3.05) is 46.3 Å². The standard InChI is InChI=1S/C13H29N3/c1-5-6-14-13(12(2)3)11-16-9-7-15(4)8-10-16/h12-14H,5-11H2,1-4H3. The number of nitrogens with one attached hydrogen (secondary N) is 1. The molecule has 0 aliphatic carbocycles. The molecule has 0 aromatic heterocycles. The second-order valence-electron chi connectivity index (χ2n) is 5.41. The first kappa shape index (κ1) is 13.9. The first-order valence-electron chi connectivity index (χ1n) is 6.77. The first-order chi connectivity index (χ1) is 7.63. The van der Waals surface area contributed by atoms with Gasteiger partial charge in [0.05, 0.1) is 0 Å². The van der Waals surface area contributed by atoms with E-state index in [1.807, 2.05) is 0 Å². The minimum atomic E-state index is 0.656. The van der Waals surface area contributed by atoms with E-state index in [1.165, 1.54) is 39.1 Å². The van der Waals surface area contributed by atoms with Gasteiger partial charge >= 0.3 is 0 Å². The summed E-state index contributed by atoms with van der Waals surface area (Å²) >= 11 is 0. The predicted molar refractivity (Wildman–Crippen MR) is 70.9 cm³/mol. The molecule has 1 aliphatic heterocycles. The minimum absolute atomic E-state index is 0.656. The highest BCUT2D eigenvalue weighted by Gasteiger charge is 2.19. The summed E-state index contributed by atoms with van der Waals surface area (Å²) in [5.41, 5.74) is 0. The van der Waals surface area contributed by atoms with Crippen LogP contribution in [0.15, 0.2) is 0 Å².